The molecule has 3 heteroatoms. The topological polar surface area (TPSA) is 32.3 Å². The number of para-hydroxylation sites is 1. The summed E-state index contributed by atoms with van der Waals surface area (Å²) in [7, 11) is 0. The minimum Gasteiger partial charge on any atom is -0.315 e. The van der Waals surface area contributed by atoms with E-state index >= 15 is 0 Å². The number of fused-ring (bicyclic) bond motifs is 1. The summed E-state index contributed by atoms with van der Waals surface area (Å²) in [5.74, 6) is 0.267. The van der Waals surface area contributed by atoms with Crippen LogP contribution in [0.2, 0.25) is 0 Å². The Balaban J connectivity index is 1.98. The lowest BCUT2D eigenvalue weighted by Crippen LogP contribution is -2.47. The van der Waals surface area contributed by atoms with Crippen molar-refractivity contribution in [3.63, 3.8) is 0 Å². The molecule has 2 heterocycles. The Bertz CT molecular complexity index is 450. The fourth-order valence-corrected chi connectivity index (χ4v) is 3.02. The van der Waals surface area contributed by atoms with Crippen LogP contribution in [0.15, 0.2) is 18.2 Å². The molecule has 1 atom stereocenters. The average Bonchev–Trinajstić information content (AvgIpc) is 2.68. The third kappa shape index (κ3) is 1.75. The highest BCUT2D eigenvalue weighted by atomic mass is 16.2. The van der Waals surface area contributed by atoms with E-state index in [1.54, 1.807) is 0 Å². The largest absolute Gasteiger partial charge is 0.315 e. The molecule has 0 radical (unpaired) electrons. The molecule has 1 aromatic carbocycles. The van der Waals surface area contributed by atoms with Crippen LogP contribution in [0.25, 0.3) is 0 Å². The number of rotatable bonds is 1. The maximum absolute atomic E-state index is 12.2. The molecular formula is C14H18N2O. The van der Waals surface area contributed by atoms with E-state index in [4.69, 9.17) is 0 Å². The molecule has 1 N–H and O–H groups in total. The van der Waals surface area contributed by atoms with Gasteiger partial charge < -0.3 is 10.2 Å². The summed E-state index contributed by atoms with van der Waals surface area (Å²) in [4.78, 5) is 14.2. The van der Waals surface area contributed by atoms with Crippen LogP contribution in [0.5, 0.6) is 0 Å². The highest BCUT2D eigenvalue weighted by Crippen LogP contribution is 2.34. The Hall–Kier alpha value is -1.35. The first-order valence-corrected chi connectivity index (χ1v) is 6.38. The van der Waals surface area contributed by atoms with Gasteiger partial charge in [-0.25, -0.2) is 0 Å². The maximum Gasteiger partial charge on any atom is 0.231 e. The molecular weight excluding hydrogens is 212 g/mol. The Kier molecular flexibility index (Phi) is 2.63. The van der Waals surface area contributed by atoms with Gasteiger partial charge >= 0.3 is 0 Å². The molecule has 1 amide bonds. The number of carbonyl (C=O) groups excluding carboxylic acids is 1. The molecule has 1 fully saturated rings. The van der Waals surface area contributed by atoms with Gasteiger partial charge in [0.1, 0.15) is 0 Å². The third-order valence-electron chi connectivity index (χ3n) is 3.81. The minimum atomic E-state index is 0.267. The van der Waals surface area contributed by atoms with E-state index in [1.807, 2.05) is 11.0 Å². The van der Waals surface area contributed by atoms with Gasteiger partial charge in [-0.15, -0.1) is 0 Å². The lowest BCUT2D eigenvalue weighted by Gasteiger charge is -2.32. The predicted molar refractivity (Wildman–Crippen MR) is 68.3 cm³/mol. The standard InChI is InChI=1S/C14H18N2O/c1-10-4-2-5-11-8-13(17)16(14(10)11)12-6-3-7-15-9-12/h2,4-5,12,15H,3,6-9H2,1H3. The zero-order chi connectivity index (χ0) is 11.8. The molecule has 17 heavy (non-hydrogen) atoms. The van der Waals surface area contributed by atoms with E-state index in [1.165, 1.54) is 16.8 Å². The van der Waals surface area contributed by atoms with E-state index in [0.29, 0.717) is 12.5 Å². The molecule has 3 nitrogen and oxygen atoms in total. The monoisotopic (exact) mass is 230 g/mol. The lowest BCUT2D eigenvalue weighted by molar-refractivity contribution is -0.117. The number of piperidine rings is 1. The summed E-state index contributed by atoms with van der Waals surface area (Å²) in [6, 6.07) is 6.57. The van der Waals surface area contributed by atoms with Crippen molar-refractivity contribution in [2.75, 3.05) is 18.0 Å². The predicted octanol–water partition coefficient (Wildman–Crippen LogP) is 1.64. The maximum atomic E-state index is 12.2. The quantitative estimate of drug-likeness (QED) is 0.795. The van der Waals surface area contributed by atoms with Crippen molar-refractivity contribution in [1.82, 2.24) is 5.32 Å². The van der Waals surface area contributed by atoms with Crippen molar-refractivity contribution in [1.29, 1.82) is 0 Å². The third-order valence-corrected chi connectivity index (χ3v) is 3.81. The zero-order valence-electron chi connectivity index (χ0n) is 10.2. The van der Waals surface area contributed by atoms with Crippen molar-refractivity contribution in [2.24, 2.45) is 0 Å². The van der Waals surface area contributed by atoms with Gasteiger partial charge in [-0.3, -0.25) is 4.79 Å². The van der Waals surface area contributed by atoms with Crippen LogP contribution < -0.4 is 10.2 Å². The van der Waals surface area contributed by atoms with Gasteiger partial charge in [-0.2, -0.15) is 0 Å². The van der Waals surface area contributed by atoms with Crippen molar-refractivity contribution in [3.8, 4) is 0 Å². The Morgan fingerprint density at radius 2 is 2.29 bits per heavy atom. The zero-order valence-corrected chi connectivity index (χ0v) is 10.2. The minimum absolute atomic E-state index is 0.267. The first kappa shape index (κ1) is 10.8. The summed E-state index contributed by atoms with van der Waals surface area (Å²) in [5.41, 5.74) is 3.59. The number of nitrogens with zero attached hydrogens (tertiary/aromatic N) is 1. The summed E-state index contributed by atoms with van der Waals surface area (Å²) in [6.45, 7) is 4.11. The number of hydrogen-bond donors (Lipinski definition) is 1. The number of amides is 1. The second-order valence-electron chi connectivity index (χ2n) is 5.02. The van der Waals surface area contributed by atoms with Crippen LogP contribution >= 0.6 is 0 Å². The molecule has 0 bridgehead atoms. The van der Waals surface area contributed by atoms with Crippen LogP contribution in [0.3, 0.4) is 0 Å². The Labute approximate surface area is 102 Å². The highest BCUT2D eigenvalue weighted by molar-refractivity contribution is 6.02. The van der Waals surface area contributed by atoms with E-state index < -0.39 is 0 Å². The van der Waals surface area contributed by atoms with E-state index in [0.717, 1.165) is 25.9 Å². The van der Waals surface area contributed by atoms with Crippen LogP contribution in [0.4, 0.5) is 5.69 Å². The second kappa shape index (κ2) is 4.15. The van der Waals surface area contributed by atoms with Crippen LogP contribution in [-0.2, 0) is 11.2 Å². The fraction of sp³-hybridized carbons (Fsp3) is 0.500. The Morgan fingerprint density at radius 3 is 3.06 bits per heavy atom. The molecule has 2 aliphatic rings. The number of nitrogens with one attached hydrogen (secondary N) is 1. The second-order valence-corrected chi connectivity index (χ2v) is 5.02. The first-order valence-electron chi connectivity index (χ1n) is 6.38. The molecule has 0 aliphatic carbocycles. The van der Waals surface area contributed by atoms with Gasteiger partial charge in [0, 0.05) is 12.6 Å². The van der Waals surface area contributed by atoms with E-state index in [-0.39, 0.29) is 5.91 Å². The van der Waals surface area contributed by atoms with Crippen molar-refractivity contribution in [3.05, 3.63) is 29.3 Å². The van der Waals surface area contributed by atoms with Gasteiger partial charge in [0.05, 0.1) is 12.1 Å². The number of carbonyl (C=O) groups is 1. The number of hydrogen-bond acceptors (Lipinski definition) is 2. The normalized spacial score (nSPS) is 23.9. The van der Waals surface area contributed by atoms with Gasteiger partial charge in [-0.1, -0.05) is 18.2 Å². The van der Waals surface area contributed by atoms with Gasteiger partial charge in [-0.05, 0) is 37.4 Å². The summed E-state index contributed by atoms with van der Waals surface area (Å²) >= 11 is 0. The number of benzene rings is 1. The smallest absolute Gasteiger partial charge is 0.231 e. The molecule has 0 spiro atoms. The summed E-state index contributed by atoms with van der Waals surface area (Å²) < 4.78 is 0. The van der Waals surface area contributed by atoms with E-state index in [2.05, 4.69) is 24.4 Å². The SMILES string of the molecule is Cc1cccc2c1N(C1CCCNC1)C(=O)C2. The van der Waals surface area contributed by atoms with Crippen LogP contribution in [-0.4, -0.2) is 25.0 Å². The van der Waals surface area contributed by atoms with Crippen LogP contribution in [0.1, 0.15) is 24.0 Å². The molecule has 1 saturated heterocycles. The molecule has 1 unspecified atom stereocenters. The highest BCUT2D eigenvalue weighted by Gasteiger charge is 2.34. The Morgan fingerprint density at radius 1 is 1.41 bits per heavy atom. The molecule has 3 rings (SSSR count). The average molecular weight is 230 g/mol. The van der Waals surface area contributed by atoms with Crippen molar-refractivity contribution >= 4 is 11.6 Å². The first-order chi connectivity index (χ1) is 8.27. The summed E-state index contributed by atoms with van der Waals surface area (Å²) in [5, 5.41) is 3.39. The molecule has 1 aromatic rings. The number of anilines is 1. The summed E-state index contributed by atoms with van der Waals surface area (Å²) in [6.07, 6.45) is 2.86. The molecule has 90 valence electrons. The molecule has 2 aliphatic heterocycles. The van der Waals surface area contributed by atoms with Crippen molar-refractivity contribution in [2.45, 2.75) is 32.2 Å². The van der Waals surface area contributed by atoms with Crippen LogP contribution in [0, 0.1) is 6.92 Å². The number of aryl methyl sites for hydroxylation is 1. The van der Waals surface area contributed by atoms with Gasteiger partial charge in [0.15, 0.2) is 0 Å². The van der Waals surface area contributed by atoms with Crippen molar-refractivity contribution < 1.29 is 4.79 Å². The lowest BCUT2D eigenvalue weighted by atomic mass is 10.0. The molecule has 0 saturated carbocycles. The van der Waals surface area contributed by atoms with Gasteiger partial charge in [0.2, 0.25) is 5.91 Å². The fourth-order valence-electron chi connectivity index (χ4n) is 3.02. The van der Waals surface area contributed by atoms with E-state index in [9.17, 15) is 4.79 Å². The van der Waals surface area contributed by atoms with Gasteiger partial charge in [0.25, 0.3) is 0 Å². The molecule has 0 aromatic heterocycles.